The summed E-state index contributed by atoms with van der Waals surface area (Å²) in [5, 5.41) is 7.59. The topological polar surface area (TPSA) is 73.1 Å². The highest BCUT2D eigenvalue weighted by Gasteiger charge is 2.28. The number of anilines is 1. The van der Waals surface area contributed by atoms with Crippen molar-refractivity contribution < 1.29 is 9.26 Å². The number of ether oxygens (including phenoxy) is 1. The molecule has 0 amide bonds. The minimum atomic E-state index is 0.561. The zero-order valence-electron chi connectivity index (χ0n) is 16.9. The van der Waals surface area contributed by atoms with Gasteiger partial charge in [-0.05, 0) is 61.9 Å². The number of hydrogen-bond acceptors (Lipinski definition) is 6. The van der Waals surface area contributed by atoms with Crippen LogP contribution in [-0.2, 0) is 6.42 Å². The maximum atomic E-state index is 5.51. The van der Waals surface area contributed by atoms with Gasteiger partial charge in [0.1, 0.15) is 0 Å². The summed E-state index contributed by atoms with van der Waals surface area (Å²) in [5.74, 6) is 2.92. The Hall–Kier alpha value is -2.89. The van der Waals surface area contributed by atoms with E-state index in [1.165, 1.54) is 12.8 Å². The summed E-state index contributed by atoms with van der Waals surface area (Å²) in [6.45, 7) is 3.53. The van der Waals surface area contributed by atoms with Gasteiger partial charge in [-0.15, -0.1) is 0 Å². The van der Waals surface area contributed by atoms with Gasteiger partial charge in [-0.1, -0.05) is 23.7 Å². The number of benzene rings is 1. The Kier molecular flexibility index (Phi) is 6.39. The van der Waals surface area contributed by atoms with E-state index in [2.05, 4.69) is 44.7 Å². The fourth-order valence-electron chi connectivity index (χ4n) is 3.31. The van der Waals surface area contributed by atoms with Gasteiger partial charge in [0.15, 0.2) is 5.82 Å². The smallest absolute Gasteiger partial charge is 0.226 e. The molecule has 1 fully saturated rings. The fourth-order valence-corrected chi connectivity index (χ4v) is 3.31. The number of nitrogens with one attached hydrogen (secondary N) is 1. The first-order chi connectivity index (χ1) is 14.3. The molecule has 1 aliphatic rings. The summed E-state index contributed by atoms with van der Waals surface area (Å²) in [6, 6.07) is 12.4. The molecule has 1 N–H and O–H groups in total. The second kappa shape index (κ2) is 9.54. The number of aryl methyl sites for hydroxylation is 1. The molecule has 6 heteroatoms. The second-order valence-electron chi connectivity index (χ2n) is 7.45. The molecule has 2 heterocycles. The molecule has 6 nitrogen and oxygen atoms in total. The molecular formula is C23H28N4O2. The summed E-state index contributed by atoms with van der Waals surface area (Å²) in [7, 11) is 0. The van der Waals surface area contributed by atoms with E-state index < -0.39 is 0 Å². The van der Waals surface area contributed by atoms with E-state index in [9.17, 15) is 0 Å². The van der Waals surface area contributed by atoms with Gasteiger partial charge < -0.3 is 14.6 Å². The zero-order valence-corrected chi connectivity index (χ0v) is 16.9. The largest absolute Gasteiger partial charge is 0.478 e. The van der Waals surface area contributed by atoms with Crippen molar-refractivity contribution in [3.63, 3.8) is 0 Å². The van der Waals surface area contributed by atoms with Crippen molar-refractivity contribution in [2.75, 3.05) is 18.5 Å². The second-order valence-corrected chi connectivity index (χ2v) is 7.45. The van der Waals surface area contributed by atoms with Crippen molar-refractivity contribution in [1.82, 2.24) is 15.1 Å². The Morgan fingerprint density at radius 3 is 2.86 bits per heavy atom. The maximum absolute atomic E-state index is 5.51. The van der Waals surface area contributed by atoms with Crippen LogP contribution >= 0.6 is 0 Å². The Morgan fingerprint density at radius 1 is 1.10 bits per heavy atom. The summed E-state index contributed by atoms with van der Waals surface area (Å²) in [4.78, 5) is 8.72. The van der Waals surface area contributed by atoms with Crippen LogP contribution in [0.5, 0.6) is 5.88 Å². The van der Waals surface area contributed by atoms with Crippen molar-refractivity contribution in [3.8, 4) is 17.0 Å². The van der Waals surface area contributed by atoms with Crippen LogP contribution in [0.1, 0.15) is 56.7 Å². The van der Waals surface area contributed by atoms with Gasteiger partial charge in [-0.25, -0.2) is 4.98 Å². The monoisotopic (exact) mass is 392 g/mol. The molecule has 152 valence electrons. The van der Waals surface area contributed by atoms with Crippen molar-refractivity contribution in [2.24, 2.45) is 0 Å². The van der Waals surface area contributed by atoms with Crippen LogP contribution in [0, 0.1) is 0 Å². The van der Waals surface area contributed by atoms with Crippen LogP contribution in [0.2, 0.25) is 0 Å². The van der Waals surface area contributed by atoms with Crippen molar-refractivity contribution in [1.29, 1.82) is 0 Å². The Balaban J connectivity index is 1.20. The van der Waals surface area contributed by atoms with Crippen LogP contribution in [0.15, 0.2) is 47.1 Å². The van der Waals surface area contributed by atoms with Crippen molar-refractivity contribution >= 4 is 5.69 Å². The fraction of sp³-hybridized carbons (Fsp3) is 0.435. The van der Waals surface area contributed by atoms with E-state index in [1.807, 2.05) is 19.1 Å². The van der Waals surface area contributed by atoms with Crippen LogP contribution in [0.4, 0.5) is 5.69 Å². The molecule has 0 atom stereocenters. The van der Waals surface area contributed by atoms with E-state index in [1.54, 1.807) is 6.20 Å². The van der Waals surface area contributed by atoms with Crippen LogP contribution in [0.25, 0.3) is 11.1 Å². The third-order valence-electron chi connectivity index (χ3n) is 5.05. The van der Waals surface area contributed by atoms with E-state index >= 15 is 0 Å². The van der Waals surface area contributed by atoms with Gasteiger partial charge in [0.2, 0.25) is 11.8 Å². The summed E-state index contributed by atoms with van der Waals surface area (Å²) < 4.78 is 10.8. The normalized spacial score (nSPS) is 13.4. The number of nitrogens with zero attached hydrogens (tertiary/aromatic N) is 3. The Morgan fingerprint density at radius 2 is 2.00 bits per heavy atom. The molecule has 29 heavy (non-hydrogen) atoms. The highest BCUT2D eigenvalue weighted by atomic mass is 16.5. The first-order valence-corrected chi connectivity index (χ1v) is 10.6. The molecule has 4 rings (SSSR count). The molecule has 0 unspecified atom stereocenters. The lowest BCUT2D eigenvalue weighted by Gasteiger charge is -2.09. The maximum Gasteiger partial charge on any atom is 0.226 e. The van der Waals surface area contributed by atoms with Gasteiger partial charge in [-0.3, -0.25) is 0 Å². The highest BCUT2D eigenvalue weighted by Crippen LogP contribution is 2.38. The molecule has 0 radical (unpaired) electrons. The van der Waals surface area contributed by atoms with Crippen LogP contribution < -0.4 is 10.1 Å². The minimum absolute atomic E-state index is 0.561. The summed E-state index contributed by atoms with van der Waals surface area (Å²) >= 11 is 0. The molecule has 0 bridgehead atoms. The molecule has 0 spiro atoms. The SMILES string of the molecule is CCOc1cc(-c2cccc(NCCCCCc3nc(C4CC4)no3)c2)ccn1. The van der Waals surface area contributed by atoms with E-state index in [0.29, 0.717) is 18.4 Å². The first kappa shape index (κ1) is 19.4. The van der Waals surface area contributed by atoms with Gasteiger partial charge in [0.05, 0.1) is 6.61 Å². The summed E-state index contributed by atoms with van der Waals surface area (Å²) in [5.41, 5.74) is 3.39. The Labute approximate surface area is 171 Å². The number of unbranched alkanes of at least 4 members (excludes halogenated alkanes) is 2. The quantitative estimate of drug-likeness (QED) is 0.450. The minimum Gasteiger partial charge on any atom is -0.478 e. The lowest BCUT2D eigenvalue weighted by atomic mass is 10.1. The zero-order chi connectivity index (χ0) is 19.9. The lowest BCUT2D eigenvalue weighted by Crippen LogP contribution is -2.01. The predicted octanol–water partition coefficient (Wildman–Crippen LogP) is 5.23. The first-order valence-electron chi connectivity index (χ1n) is 10.6. The molecule has 3 aromatic rings. The molecule has 1 saturated carbocycles. The summed E-state index contributed by atoms with van der Waals surface area (Å²) in [6.07, 6.45) is 8.40. The Bertz CT molecular complexity index is 921. The molecule has 0 aliphatic heterocycles. The van der Waals surface area contributed by atoms with Gasteiger partial charge in [0, 0.05) is 36.8 Å². The third-order valence-corrected chi connectivity index (χ3v) is 5.05. The van der Waals surface area contributed by atoms with Gasteiger partial charge in [-0.2, -0.15) is 4.98 Å². The van der Waals surface area contributed by atoms with Crippen molar-refractivity contribution in [3.05, 3.63) is 54.3 Å². The average Bonchev–Trinajstić information content (AvgIpc) is 3.50. The van der Waals surface area contributed by atoms with Gasteiger partial charge in [0.25, 0.3) is 0 Å². The van der Waals surface area contributed by atoms with Gasteiger partial charge >= 0.3 is 0 Å². The molecular weight excluding hydrogens is 364 g/mol. The van der Waals surface area contributed by atoms with E-state index in [-0.39, 0.29) is 0 Å². The average molecular weight is 393 g/mol. The lowest BCUT2D eigenvalue weighted by molar-refractivity contribution is 0.327. The number of hydrogen-bond donors (Lipinski definition) is 1. The van der Waals surface area contributed by atoms with Crippen molar-refractivity contribution in [2.45, 2.75) is 51.4 Å². The third kappa shape index (κ3) is 5.56. The number of pyridine rings is 1. The number of rotatable bonds is 11. The molecule has 2 aromatic heterocycles. The molecule has 1 aliphatic carbocycles. The van der Waals surface area contributed by atoms with E-state index in [4.69, 9.17) is 9.26 Å². The molecule has 0 saturated heterocycles. The highest BCUT2D eigenvalue weighted by molar-refractivity contribution is 5.68. The molecule has 1 aromatic carbocycles. The number of aromatic nitrogens is 3. The predicted molar refractivity (Wildman–Crippen MR) is 113 cm³/mol. The standard InChI is InChI=1S/C23H28N4O2/c1-2-28-22-16-19(12-14-25-22)18-7-6-8-20(15-18)24-13-5-3-4-9-21-26-23(27-29-21)17-10-11-17/h6-8,12,14-17,24H,2-5,9-11,13H2,1H3. The van der Waals surface area contributed by atoms with E-state index in [0.717, 1.165) is 60.8 Å². The van der Waals surface area contributed by atoms with Crippen LogP contribution in [0.3, 0.4) is 0 Å². The van der Waals surface area contributed by atoms with Crippen LogP contribution in [-0.4, -0.2) is 28.3 Å².